The lowest BCUT2D eigenvalue weighted by Gasteiger charge is -2.19. The summed E-state index contributed by atoms with van der Waals surface area (Å²) in [6, 6.07) is 0. The van der Waals surface area contributed by atoms with Crippen LogP contribution in [0, 0.1) is 0 Å². The maximum atomic E-state index is 2.37. The molecule has 0 aliphatic heterocycles. The minimum absolute atomic E-state index is 0.328. The molecule has 0 unspecified atom stereocenters. The van der Waals surface area contributed by atoms with Gasteiger partial charge in [0.15, 0.2) is 0 Å². The molecule has 0 aromatic carbocycles. The predicted molar refractivity (Wildman–Crippen MR) is 47.0 cm³/mol. The molecule has 0 saturated heterocycles. The summed E-state index contributed by atoms with van der Waals surface area (Å²) < 4.78 is 0. The second kappa shape index (κ2) is 3.80. The molecule has 50 valence electrons. The van der Waals surface area contributed by atoms with Gasteiger partial charge in [-0.15, -0.1) is 15.8 Å². The first-order chi connectivity index (χ1) is 3.55. The van der Waals surface area contributed by atoms with Crippen molar-refractivity contribution in [2.45, 2.75) is 12.3 Å². The molecule has 0 rings (SSSR count). The zero-order chi connectivity index (χ0) is 6.73. The zero-order valence-corrected chi connectivity index (χ0v) is 8.26. The van der Waals surface area contributed by atoms with E-state index in [2.05, 4.69) is 33.6 Å². The van der Waals surface area contributed by atoms with Gasteiger partial charge in [-0.25, -0.2) is 0 Å². The second-order valence-electron chi connectivity index (χ2n) is 2.56. The fourth-order valence-electron chi connectivity index (χ4n) is 0.462. The van der Waals surface area contributed by atoms with Gasteiger partial charge in [0.05, 0.1) is 0 Å². The first-order valence-corrected chi connectivity index (χ1v) is 7.49. The summed E-state index contributed by atoms with van der Waals surface area (Å²) in [6.07, 6.45) is 0. The van der Waals surface area contributed by atoms with Gasteiger partial charge in [-0.2, -0.15) is 0 Å². The second-order valence-corrected chi connectivity index (χ2v) is 8.37. The lowest BCUT2D eigenvalue weighted by Crippen LogP contribution is -1.92. The zero-order valence-electron chi connectivity index (χ0n) is 6.47. The SMILES string of the molecule is CC(P(C)C)P(C)C. The molecule has 0 heterocycles. The van der Waals surface area contributed by atoms with Gasteiger partial charge in [0.1, 0.15) is 0 Å². The van der Waals surface area contributed by atoms with Gasteiger partial charge >= 0.3 is 0 Å². The fourth-order valence-corrected chi connectivity index (χ4v) is 4.16. The average Bonchev–Trinajstić information content (AvgIpc) is 1.64. The van der Waals surface area contributed by atoms with Crippen molar-refractivity contribution in [1.29, 1.82) is 0 Å². The summed E-state index contributed by atoms with van der Waals surface area (Å²) in [5.41, 5.74) is 0. The summed E-state index contributed by atoms with van der Waals surface area (Å²) in [5, 5.41) is 1.000. The highest BCUT2D eigenvalue weighted by Crippen LogP contribution is 2.49. The summed E-state index contributed by atoms with van der Waals surface area (Å²) in [5.74, 6) is 0. The first-order valence-electron chi connectivity index (χ1n) is 2.88. The molecule has 0 atom stereocenters. The van der Waals surface area contributed by atoms with Gasteiger partial charge < -0.3 is 0 Å². The third-order valence-corrected chi connectivity index (χ3v) is 7.26. The summed E-state index contributed by atoms with van der Waals surface area (Å²) in [7, 11) is 0.655. The van der Waals surface area contributed by atoms with E-state index in [1.165, 1.54) is 0 Å². The lowest BCUT2D eigenvalue weighted by molar-refractivity contribution is 1.37. The Kier molecular flexibility index (Phi) is 4.21. The maximum Gasteiger partial charge on any atom is -0.00441 e. The van der Waals surface area contributed by atoms with Crippen LogP contribution in [0.15, 0.2) is 0 Å². The molecule has 0 amide bonds. The van der Waals surface area contributed by atoms with Crippen LogP contribution in [0.5, 0.6) is 0 Å². The summed E-state index contributed by atoms with van der Waals surface area (Å²) >= 11 is 0. The van der Waals surface area contributed by atoms with Gasteiger partial charge in [0.2, 0.25) is 0 Å². The molecule has 0 aromatic rings. The van der Waals surface area contributed by atoms with Crippen LogP contribution in [-0.2, 0) is 0 Å². The van der Waals surface area contributed by atoms with E-state index < -0.39 is 0 Å². The normalized spacial score (nSPS) is 12.0. The molecule has 0 radical (unpaired) electrons. The molecule has 0 aromatic heterocycles. The molecular formula is C6H16P2. The first kappa shape index (κ1) is 8.86. The van der Waals surface area contributed by atoms with E-state index in [1.807, 2.05) is 0 Å². The molecule has 0 aliphatic rings. The van der Waals surface area contributed by atoms with Crippen molar-refractivity contribution in [3.05, 3.63) is 0 Å². The lowest BCUT2D eigenvalue weighted by atomic mass is 11.0. The van der Waals surface area contributed by atoms with E-state index in [0.717, 1.165) is 5.40 Å². The Hall–Kier alpha value is 0.860. The van der Waals surface area contributed by atoms with Gasteiger partial charge in [0, 0.05) is 0 Å². The van der Waals surface area contributed by atoms with Gasteiger partial charge in [0.25, 0.3) is 0 Å². The van der Waals surface area contributed by atoms with Crippen molar-refractivity contribution in [3.63, 3.8) is 0 Å². The Balaban J connectivity index is 3.46. The largest absolute Gasteiger partial charge is 0.106 e. The van der Waals surface area contributed by atoms with Crippen molar-refractivity contribution in [3.8, 4) is 0 Å². The third-order valence-electron chi connectivity index (χ3n) is 1.49. The minimum Gasteiger partial charge on any atom is -0.106 e. The molecule has 0 fully saturated rings. The monoisotopic (exact) mass is 150 g/mol. The van der Waals surface area contributed by atoms with Gasteiger partial charge in [-0.3, -0.25) is 0 Å². The molecule has 0 N–H and O–H groups in total. The third kappa shape index (κ3) is 3.00. The minimum atomic E-state index is 0.328. The van der Waals surface area contributed by atoms with Crippen LogP contribution in [0.1, 0.15) is 6.92 Å². The van der Waals surface area contributed by atoms with E-state index in [1.54, 1.807) is 0 Å². The molecule has 0 nitrogen and oxygen atoms in total. The van der Waals surface area contributed by atoms with Crippen molar-refractivity contribution in [1.82, 2.24) is 0 Å². The summed E-state index contributed by atoms with van der Waals surface area (Å²) in [6.45, 7) is 11.8. The van der Waals surface area contributed by atoms with Crippen LogP contribution in [0.2, 0.25) is 0 Å². The molecule has 0 saturated carbocycles. The van der Waals surface area contributed by atoms with Crippen molar-refractivity contribution >= 4 is 15.8 Å². The fraction of sp³-hybridized carbons (Fsp3) is 1.00. The quantitative estimate of drug-likeness (QED) is 0.531. The average molecular weight is 150 g/mol. The molecule has 0 aliphatic carbocycles. The Morgan fingerprint density at radius 1 is 0.875 bits per heavy atom. The molecule has 0 bridgehead atoms. The highest BCUT2D eigenvalue weighted by atomic mass is 31.2. The van der Waals surface area contributed by atoms with Crippen LogP contribution < -0.4 is 0 Å². The predicted octanol–water partition coefficient (Wildman–Crippen LogP) is 2.82. The number of hydrogen-bond donors (Lipinski definition) is 0. The smallest absolute Gasteiger partial charge is 0.00441 e. The molecule has 8 heavy (non-hydrogen) atoms. The number of rotatable bonds is 2. The molecular weight excluding hydrogens is 134 g/mol. The van der Waals surface area contributed by atoms with Crippen LogP contribution in [-0.4, -0.2) is 32.1 Å². The van der Waals surface area contributed by atoms with Crippen LogP contribution in [0.25, 0.3) is 0 Å². The molecule has 2 heteroatoms. The molecule has 0 spiro atoms. The van der Waals surface area contributed by atoms with E-state index >= 15 is 0 Å². The summed E-state index contributed by atoms with van der Waals surface area (Å²) in [4.78, 5) is 0. The number of hydrogen-bond acceptors (Lipinski definition) is 0. The van der Waals surface area contributed by atoms with E-state index in [9.17, 15) is 0 Å². The Morgan fingerprint density at radius 3 is 1.12 bits per heavy atom. The van der Waals surface area contributed by atoms with Crippen molar-refractivity contribution in [2.75, 3.05) is 26.7 Å². The Bertz CT molecular complexity index is 51.5. The van der Waals surface area contributed by atoms with Crippen LogP contribution in [0.3, 0.4) is 0 Å². The topological polar surface area (TPSA) is 0 Å². The van der Waals surface area contributed by atoms with Crippen molar-refractivity contribution in [2.24, 2.45) is 0 Å². The van der Waals surface area contributed by atoms with E-state index in [4.69, 9.17) is 0 Å². The Labute approximate surface area is 55.6 Å². The Morgan fingerprint density at radius 2 is 1.12 bits per heavy atom. The van der Waals surface area contributed by atoms with E-state index in [-0.39, 0.29) is 0 Å². The van der Waals surface area contributed by atoms with Crippen molar-refractivity contribution < 1.29 is 0 Å². The van der Waals surface area contributed by atoms with Gasteiger partial charge in [-0.1, -0.05) is 6.92 Å². The standard InChI is InChI=1S/C6H16P2/c1-6(7(2)3)8(4)5/h6H,1-5H3. The van der Waals surface area contributed by atoms with Crippen LogP contribution in [0.4, 0.5) is 0 Å². The van der Waals surface area contributed by atoms with Gasteiger partial charge in [-0.05, 0) is 32.1 Å². The van der Waals surface area contributed by atoms with Crippen LogP contribution >= 0.6 is 15.8 Å². The highest BCUT2D eigenvalue weighted by molar-refractivity contribution is 7.74. The highest BCUT2D eigenvalue weighted by Gasteiger charge is 2.08. The van der Waals surface area contributed by atoms with E-state index in [0.29, 0.717) is 15.8 Å². The maximum absolute atomic E-state index is 2.37.